The molecule has 0 saturated heterocycles. The molecule has 0 aliphatic carbocycles. The predicted molar refractivity (Wildman–Crippen MR) is 37.5 cm³/mol. The van der Waals surface area contributed by atoms with Gasteiger partial charge in [0.1, 0.15) is 0 Å². The van der Waals surface area contributed by atoms with Gasteiger partial charge < -0.3 is 21.1 Å². The summed E-state index contributed by atoms with van der Waals surface area (Å²) in [5, 5.41) is 26.5. The van der Waals surface area contributed by atoms with Crippen LogP contribution in [-0.4, -0.2) is 39.5 Å². The zero-order valence-corrected chi connectivity index (χ0v) is 6.27. The molecule has 1 amide bonds. The van der Waals surface area contributed by atoms with Gasteiger partial charge in [0.2, 0.25) is 5.91 Å². The van der Waals surface area contributed by atoms with Crippen molar-refractivity contribution in [2.45, 2.75) is 31.7 Å². The van der Waals surface area contributed by atoms with Gasteiger partial charge in [0, 0.05) is 6.42 Å². The first-order valence-corrected chi connectivity index (χ1v) is 3.28. The summed E-state index contributed by atoms with van der Waals surface area (Å²) >= 11 is 0. The second-order valence-corrected chi connectivity index (χ2v) is 2.50. The molecule has 0 rings (SSSR count). The molecule has 0 unspecified atom stereocenters. The lowest BCUT2D eigenvalue weighted by atomic mass is 10.1. The molecule has 11 heavy (non-hydrogen) atoms. The number of carbonyl (C=O) groups excluding carboxylic acids is 1. The molecule has 0 heterocycles. The Bertz CT molecular complexity index is 137. The highest BCUT2D eigenvalue weighted by molar-refractivity contribution is 5.79. The van der Waals surface area contributed by atoms with Crippen molar-refractivity contribution in [1.82, 2.24) is 0 Å². The van der Waals surface area contributed by atoms with Gasteiger partial charge in [-0.05, 0) is 6.92 Å². The molecule has 5 N–H and O–H groups in total. The summed E-state index contributed by atoms with van der Waals surface area (Å²) in [4.78, 5) is 10.3. The lowest BCUT2D eigenvalue weighted by Crippen LogP contribution is -2.40. The molecule has 0 spiro atoms. The second kappa shape index (κ2) is 4.27. The molecule has 3 atom stereocenters. The van der Waals surface area contributed by atoms with Crippen molar-refractivity contribution in [1.29, 1.82) is 0 Å². The quantitative estimate of drug-likeness (QED) is 0.383. The Morgan fingerprint density at radius 2 is 1.91 bits per heavy atom. The summed E-state index contributed by atoms with van der Waals surface area (Å²) in [7, 11) is 0. The monoisotopic (exact) mass is 163 g/mol. The van der Waals surface area contributed by atoms with Gasteiger partial charge in [0.15, 0.2) is 6.10 Å². The number of aliphatic hydroxyl groups is 3. The first-order chi connectivity index (χ1) is 4.95. The van der Waals surface area contributed by atoms with E-state index in [1.807, 2.05) is 0 Å². The van der Waals surface area contributed by atoms with E-state index in [9.17, 15) is 4.79 Å². The number of rotatable bonds is 4. The number of hydrogen-bond acceptors (Lipinski definition) is 4. The van der Waals surface area contributed by atoms with E-state index in [4.69, 9.17) is 15.3 Å². The Labute approximate surface area is 64.4 Å². The van der Waals surface area contributed by atoms with Crippen LogP contribution in [0.1, 0.15) is 13.3 Å². The topological polar surface area (TPSA) is 104 Å². The normalized spacial score (nSPS) is 18.9. The summed E-state index contributed by atoms with van der Waals surface area (Å²) in [6.07, 6.45) is -3.71. The Morgan fingerprint density at radius 1 is 1.45 bits per heavy atom. The molecule has 0 aliphatic heterocycles. The highest BCUT2D eigenvalue weighted by atomic mass is 16.3. The highest BCUT2D eigenvalue weighted by Crippen LogP contribution is 2.01. The smallest absolute Gasteiger partial charge is 0.248 e. The Morgan fingerprint density at radius 3 is 2.18 bits per heavy atom. The minimum Gasteiger partial charge on any atom is -0.393 e. The van der Waals surface area contributed by atoms with Crippen molar-refractivity contribution in [3.8, 4) is 0 Å². The summed E-state index contributed by atoms with van der Waals surface area (Å²) in [5.41, 5.74) is 4.68. The Kier molecular flexibility index (Phi) is 4.02. The van der Waals surface area contributed by atoms with E-state index in [1.54, 1.807) is 0 Å². The fourth-order valence-electron chi connectivity index (χ4n) is 0.668. The van der Waals surface area contributed by atoms with E-state index in [2.05, 4.69) is 5.73 Å². The molecule has 0 saturated carbocycles. The zero-order valence-electron chi connectivity index (χ0n) is 6.27. The third kappa shape index (κ3) is 3.92. The second-order valence-electron chi connectivity index (χ2n) is 2.50. The van der Waals surface area contributed by atoms with Gasteiger partial charge in [0.25, 0.3) is 0 Å². The number of primary amides is 1. The van der Waals surface area contributed by atoms with Gasteiger partial charge in [-0.25, -0.2) is 0 Å². The molecule has 5 heteroatoms. The van der Waals surface area contributed by atoms with Gasteiger partial charge in [-0.1, -0.05) is 0 Å². The maximum absolute atomic E-state index is 10.3. The molecule has 0 aromatic carbocycles. The van der Waals surface area contributed by atoms with Gasteiger partial charge in [-0.15, -0.1) is 0 Å². The third-order valence-corrected chi connectivity index (χ3v) is 1.24. The summed E-state index contributed by atoms with van der Waals surface area (Å²) in [5.74, 6) is -0.988. The lowest BCUT2D eigenvalue weighted by molar-refractivity contribution is -0.132. The molecule has 0 bridgehead atoms. The zero-order chi connectivity index (χ0) is 9.02. The van der Waals surface area contributed by atoms with E-state index in [-0.39, 0.29) is 6.42 Å². The van der Waals surface area contributed by atoms with Crippen molar-refractivity contribution >= 4 is 5.91 Å². The van der Waals surface area contributed by atoms with Crippen molar-refractivity contribution in [3.63, 3.8) is 0 Å². The van der Waals surface area contributed by atoms with Crippen LogP contribution < -0.4 is 5.73 Å². The predicted octanol–water partition coefficient (Wildman–Crippen LogP) is -2.04. The lowest BCUT2D eigenvalue weighted by Gasteiger charge is -2.15. The van der Waals surface area contributed by atoms with Gasteiger partial charge >= 0.3 is 0 Å². The first-order valence-electron chi connectivity index (χ1n) is 3.28. The highest BCUT2D eigenvalue weighted by Gasteiger charge is 2.22. The van der Waals surface area contributed by atoms with Crippen LogP contribution in [-0.2, 0) is 4.79 Å². The van der Waals surface area contributed by atoms with Crippen molar-refractivity contribution in [3.05, 3.63) is 0 Å². The molecule has 0 fully saturated rings. The van der Waals surface area contributed by atoms with Crippen LogP contribution in [0.25, 0.3) is 0 Å². The average molecular weight is 163 g/mol. The maximum atomic E-state index is 10.3. The maximum Gasteiger partial charge on any atom is 0.248 e. The van der Waals surface area contributed by atoms with Crippen LogP contribution in [0.15, 0.2) is 0 Å². The molecule has 0 radical (unpaired) electrons. The molecule has 5 nitrogen and oxygen atoms in total. The molecular formula is C6H13NO4. The average Bonchev–Trinajstić information content (AvgIpc) is 1.84. The van der Waals surface area contributed by atoms with Crippen LogP contribution in [0.2, 0.25) is 0 Å². The largest absolute Gasteiger partial charge is 0.393 e. The first kappa shape index (κ1) is 10.3. The molecular weight excluding hydrogens is 150 g/mol. The summed E-state index contributed by atoms with van der Waals surface area (Å²) < 4.78 is 0. The van der Waals surface area contributed by atoms with Gasteiger partial charge in [-0.3, -0.25) is 4.79 Å². The fraction of sp³-hybridized carbons (Fsp3) is 0.833. The van der Waals surface area contributed by atoms with E-state index >= 15 is 0 Å². The van der Waals surface area contributed by atoms with Crippen LogP contribution in [0.5, 0.6) is 0 Å². The van der Waals surface area contributed by atoms with E-state index in [1.165, 1.54) is 6.92 Å². The SMILES string of the molecule is C[C@H](O)C[C@@H](O)[C@@H](O)C(N)=O. The van der Waals surface area contributed by atoms with E-state index < -0.39 is 24.2 Å². The standard InChI is InChI=1S/C6H13NO4/c1-3(8)2-4(9)5(10)6(7)11/h3-5,8-10H,2H2,1H3,(H2,7,11)/t3-,4+,5+/m0/s1. The number of nitrogens with two attached hydrogens (primary N) is 1. The Hall–Kier alpha value is -0.650. The van der Waals surface area contributed by atoms with Crippen LogP contribution in [0.3, 0.4) is 0 Å². The third-order valence-electron chi connectivity index (χ3n) is 1.24. The van der Waals surface area contributed by atoms with Gasteiger partial charge in [-0.2, -0.15) is 0 Å². The summed E-state index contributed by atoms with van der Waals surface area (Å²) in [6.45, 7) is 1.44. The minimum atomic E-state index is -1.59. The van der Waals surface area contributed by atoms with E-state index in [0.29, 0.717) is 0 Å². The minimum absolute atomic E-state index is 0.0654. The van der Waals surface area contributed by atoms with Gasteiger partial charge in [0.05, 0.1) is 12.2 Å². The Balaban J connectivity index is 3.82. The van der Waals surface area contributed by atoms with Crippen molar-refractivity contribution in [2.75, 3.05) is 0 Å². The van der Waals surface area contributed by atoms with Crippen molar-refractivity contribution in [2.24, 2.45) is 5.73 Å². The number of aliphatic hydroxyl groups excluding tert-OH is 3. The van der Waals surface area contributed by atoms with Crippen LogP contribution in [0.4, 0.5) is 0 Å². The molecule has 0 aromatic rings. The van der Waals surface area contributed by atoms with Crippen molar-refractivity contribution < 1.29 is 20.1 Å². The molecule has 0 aliphatic rings. The molecule has 0 aromatic heterocycles. The number of amides is 1. The summed E-state index contributed by atoms with van der Waals surface area (Å²) in [6, 6.07) is 0. The van der Waals surface area contributed by atoms with E-state index in [0.717, 1.165) is 0 Å². The molecule has 66 valence electrons. The number of hydrogen-bond donors (Lipinski definition) is 4. The number of carbonyl (C=O) groups is 1. The van der Waals surface area contributed by atoms with Crippen LogP contribution >= 0.6 is 0 Å². The van der Waals surface area contributed by atoms with Crippen LogP contribution in [0, 0.1) is 0 Å². The fourth-order valence-corrected chi connectivity index (χ4v) is 0.668.